The third-order valence-corrected chi connectivity index (χ3v) is 6.32. The predicted molar refractivity (Wildman–Crippen MR) is 89.7 cm³/mol. The van der Waals surface area contributed by atoms with Gasteiger partial charge in [0.25, 0.3) is 5.89 Å². The summed E-state index contributed by atoms with van der Waals surface area (Å²) in [4.78, 5) is 14.4. The van der Waals surface area contributed by atoms with Crippen molar-refractivity contribution in [3.63, 3.8) is 0 Å². The summed E-state index contributed by atoms with van der Waals surface area (Å²) in [6.07, 6.45) is 1.93. The summed E-state index contributed by atoms with van der Waals surface area (Å²) in [6, 6.07) is 3.32. The molecule has 130 valence electrons. The summed E-state index contributed by atoms with van der Waals surface area (Å²) in [5, 5.41) is 6.76. The van der Waals surface area contributed by atoms with Crippen molar-refractivity contribution in [3.05, 3.63) is 16.5 Å². The fourth-order valence-corrected chi connectivity index (χ4v) is 4.56. The molecule has 0 spiro atoms. The smallest absolute Gasteiger partial charge is 0.336 e. The van der Waals surface area contributed by atoms with Crippen LogP contribution >= 0.6 is 22.9 Å². The molecular weight excluding hydrogens is 374 g/mol. The number of piperidine rings is 1. The molecule has 0 radical (unpaired) electrons. The molecule has 24 heavy (non-hydrogen) atoms. The molecule has 0 saturated carbocycles. The molecule has 0 bridgehead atoms. The lowest BCUT2D eigenvalue weighted by Gasteiger charge is -2.30. The normalized spacial score (nSPS) is 18.8. The quantitative estimate of drug-likeness (QED) is 0.797. The summed E-state index contributed by atoms with van der Waals surface area (Å²) in [6.45, 7) is 3.21. The minimum atomic E-state index is -3.97. The van der Waals surface area contributed by atoms with Gasteiger partial charge in [0.05, 0.1) is 9.21 Å². The van der Waals surface area contributed by atoms with Crippen molar-refractivity contribution in [2.24, 2.45) is 5.92 Å². The molecule has 1 saturated heterocycles. The Morgan fingerprint density at radius 2 is 2.25 bits per heavy atom. The summed E-state index contributed by atoms with van der Waals surface area (Å²) in [5.41, 5.74) is 0. The molecule has 7 nitrogen and oxygen atoms in total. The Morgan fingerprint density at radius 1 is 1.46 bits per heavy atom. The zero-order valence-electron chi connectivity index (χ0n) is 12.9. The van der Waals surface area contributed by atoms with Crippen LogP contribution in [0.1, 0.15) is 19.8 Å². The second-order valence-corrected chi connectivity index (χ2v) is 9.41. The van der Waals surface area contributed by atoms with Crippen LogP contribution in [-0.4, -0.2) is 48.3 Å². The Labute approximate surface area is 148 Å². The molecule has 0 aromatic carbocycles. The topological polar surface area (TPSA) is 93.4 Å². The Bertz CT molecular complexity index is 846. The van der Waals surface area contributed by atoms with Gasteiger partial charge in [0, 0.05) is 13.1 Å². The van der Waals surface area contributed by atoms with Crippen molar-refractivity contribution in [1.82, 2.24) is 15.1 Å². The van der Waals surface area contributed by atoms with E-state index in [1.54, 1.807) is 17.0 Å². The molecule has 1 aliphatic rings. The second-order valence-electron chi connectivity index (χ2n) is 5.82. The van der Waals surface area contributed by atoms with Crippen LogP contribution < -0.4 is 0 Å². The number of rotatable bonds is 4. The maximum absolute atomic E-state index is 12.4. The average molecular weight is 390 g/mol. The van der Waals surface area contributed by atoms with E-state index in [4.69, 9.17) is 16.0 Å². The van der Waals surface area contributed by atoms with Gasteiger partial charge in [0.15, 0.2) is 0 Å². The number of amides is 1. The van der Waals surface area contributed by atoms with Gasteiger partial charge in [-0.25, -0.2) is 8.42 Å². The van der Waals surface area contributed by atoms with Crippen LogP contribution in [0.4, 0.5) is 0 Å². The number of aromatic nitrogens is 2. The fourth-order valence-electron chi connectivity index (χ4n) is 2.60. The first-order valence-corrected chi connectivity index (χ1v) is 10.3. The lowest BCUT2D eigenvalue weighted by molar-refractivity contribution is -0.130. The van der Waals surface area contributed by atoms with Crippen molar-refractivity contribution >= 4 is 38.7 Å². The van der Waals surface area contributed by atoms with Crippen molar-refractivity contribution in [3.8, 4) is 10.8 Å². The monoisotopic (exact) mass is 389 g/mol. The van der Waals surface area contributed by atoms with E-state index in [0.29, 0.717) is 28.2 Å². The molecule has 1 aliphatic heterocycles. The molecule has 2 aromatic heterocycles. The molecule has 1 fully saturated rings. The molecule has 1 unspecified atom stereocenters. The van der Waals surface area contributed by atoms with Gasteiger partial charge < -0.3 is 9.32 Å². The first-order valence-electron chi connectivity index (χ1n) is 7.45. The lowest BCUT2D eigenvalue weighted by atomic mass is 10.0. The van der Waals surface area contributed by atoms with Gasteiger partial charge in [0.1, 0.15) is 5.75 Å². The molecule has 3 heterocycles. The van der Waals surface area contributed by atoms with Gasteiger partial charge in [-0.05, 0) is 30.9 Å². The molecule has 0 aliphatic carbocycles. The van der Waals surface area contributed by atoms with Crippen LogP contribution in [0.2, 0.25) is 4.34 Å². The second kappa shape index (κ2) is 6.81. The van der Waals surface area contributed by atoms with Crippen LogP contribution in [0, 0.1) is 5.92 Å². The molecule has 2 aromatic rings. The van der Waals surface area contributed by atoms with Crippen molar-refractivity contribution in [2.75, 3.05) is 18.8 Å². The van der Waals surface area contributed by atoms with Crippen LogP contribution in [0.3, 0.4) is 0 Å². The summed E-state index contributed by atoms with van der Waals surface area (Å²) >= 11 is 7.03. The Hall–Kier alpha value is -1.45. The van der Waals surface area contributed by atoms with Crippen molar-refractivity contribution in [1.29, 1.82) is 0 Å². The van der Waals surface area contributed by atoms with E-state index in [0.717, 1.165) is 12.8 Å². The number of carbonyl (C=O) groups is 1. The Morgan fingerprint density at radius 3 is 2.92 bits per heavy atom. The summed E-state index contributed by atoms with van der Waals surface area (Å²) in [7, 11) is -3.97. The number of hydrogen-bond donors (Lipinski definition) is 0. The number of sulfone groups is 1. The highest BCUT2D eigenvalue weighted by Gasteiger charge is 2.30. The van der Waals surface area contributed by atoms with E-state index in [1.165, 1.54) is 11.3 Å². The third kappa shape index (κ3) is 3.79. The van der Waals surface area contributed by atoms with Crippen molar-refractivity contribution in [2.45, 2.75) is 25.0 Å². The Kier molecular flexibility index (Phi) is 4.93. The molecule has 0 N–H and O–H groups in total. The largest absolute Gasteiger partial charge is 0.407 e. The molecular formula is C14H16ClN3O4S2. The van der Waals surface area contributed by atoms with Crippen LogP contribution in [0.25, 0.3) is 10.8 Å². The number of nitrogens with zero attached hydrogens (tertiary/aromatic N) is 3. The average Bonchev–Trinajstić information content (AvgIpc) is 3.15. The molecule has 1 atom stereocenters. The highest BCUT2D eigenvalue weighted by molar-refractivity contribution is 7.91. The van der Waals surface area contributed by atoms with Gasteiger partial charge >= 0.3 is 5.22 Å². The van der Waals surface area contributed by atoms with Gasteiger partial charge in [-0.15, -0.1) is 16.4 Å². The number of carbonyl (C=O) groups excluding carboxylic acids is 1. The maximum Gasteiger partial charge on any atom is 0.336 e. The maximum atomic E-state index is 12.4. The third-order valence-electron chi connectivity index (χ3n) is 3.78. The molecule has 10 heteroatoms. The van der Waals surface area contributed by atoms with Gasteiger partial charge in [0.2, 0.25) is 15.7 Å². The molecule has 1 amide bonds. The van der Waals surface area contributed by atoms with E-state index in [9.17, 15) is 13.2 Å². The molecule has 3 rings (SSSR count). The fraction of sp³-hybridized carbons (Fsp3) is 0.500. The SMILES string of the molecule is CC1CCCN(C(=O)CS(=O)(=O)c2nnc(-c3ccc(Cl)s3)o2)C1. The minimum Gasteiger partial charge on any atom is -0.407 e. The van der Waals surface area contributed by atoms with E-state index >= 15 is 0 Å². The number of halogens is 1. The van der Waals surface area contributed by atoms with Gasteiger partial charge in [-0.2, -0.15) is 0 Å². The van der Waals surface area contributed by atoms with E-state index in [1.807, 2.05) is 6.92 Å². The van der Waals surface area contributed by atoms with Crippen LogP contribution in [-0.2, 0) is 14.6 Å². The van der Waals surface area contributed by atoms with Gasteiger partial charge in [-0.3, -0.25) is 4.79 Å². The van der Waals surface area contributed by atoms with E-state index in [-0.39, 0.29) is 5.89 Å². The first-order chi connectivity index (χ1) is 11.3. The van der Waals surface area contributed by atoms with Crippen molar-refractivity contribution < 1.29 is 17.6 Å². The van der Waals surface area contributed by atoms with Gasteiger partial charge in [-0.1, -0.05) is 23.6 Å². The van der Waals surface area contributed by atoms with Crippen LogP contribution in [0.5, 0.6) is 0 Å². The lowest BCUT2D eigenvalue weighted by Crippen LogP contribution is -2.42. The summed E-state index contributed by atoms with van der Waals surface area (Å²) in [5.74, 6) is -0.638. The van der Waals surface area contributed by atoms with E-state index in [2.05, 4.69) is 10.2 Å². The zero-order valence-corrected chi connectivity index (χ0v) is 15.3. The van der Waals surface area contributed by atoms with Crippen LogP contribution in [0.15, 0.2) is 21.8 Å². The number of hydrogen-bond acceptors (Lipinski definition) is 7. The highest BCUT2D eigenvalue weighted by Crippen LogP contribution is 2.30. The number of likely N-dealkylation sites (tertiary alicyclic amines) is 1. The number of thiophene rings is 1. The zero-order chi connectivity index (χ0) is 17.3. The minimum absolute atomic E-state index is 0.0736. The summed E-state index contributed by atoms with van der Waals surface area (Å²) < 4.78 is 30.5. The standard InChI is InChI=1S/C14H16ClN3O4S2/c1-9-3-2-6-18(7-9)12(19)8-24(20,21)14-17-16-13(22-14)10-4-5-11(15)23-10/h4-5,9H,2-3,6-8H2,1H3. The highest BCUT2D eigenvalue weighted by atomic mass is 35.5. The Balaban J connectivity index is 1.73. The van der Waals surface area contributed by atoms with E-state index < -0.39 is 26.7 Å². The first kappa shape index (κ1) is 17.4. The predicted octanol–water partition coefficient (Wildman–Crippen LogP) is 2.48.